The molecule has 1 aliphatic rings. The number of hydrogen-bond donors (Lipinski definition) is 3. The molecule has 1 fully saturated rings. The van der Waals surface area contributed by atoms with Gasteiger partial charge in [-0.3, -0.25) is 14.5 Å². The fraction of sp³-hybridized carbons (Fsp3) is 0.462. The highest BCUT2D eigenvalue weighted by Gasteiger charge is 2.25. The van der Waals surface area contributed by atoms with Crippen molar-refractivity contribution in [1.29, 1.82) is 0 Å². The number of likely N-dealkylation sites (tertiary alicyclic amines) is 1. The Morgan fingerprint density at radius 1 is 1.03 bits per heavy atom. The van der Waals surface area contributed by atoms with E-state index in [9.17, 15) is 9.59 Å². The van der Waals surface area contributed by atoms with Crippen LogP contribution in [0.15, 0.2) is 30.3 Å². The maximum atomic E-state index is 12.8. The molecule has 7 heteroatoms. The zero-order valence-corrected chi connectivity index (χ0v) is 20.3. The second kappa shape index (κ2) is 10.7. The Kier molecular flexibility index (Phi) is 7.97. The number of nitrogens with one attached hydrogen (secondary N) is 2. The van der Waals surface area contributed by atoms with Gasteiger partial charge in [-0.1, -0.05) is 18.2 Å². The van der Waals surface area contributed by atoms with Crippen LogP contribution in [0.25, 0.3) is 0 Å². The summed E-state index contributed by atoms with van der Waals surface area (Å²) in [6.45, 7) is 11.5. The van der Waals surface area contributed by atoms with Crippen LogP contribution in [0.5, 0.6) is 5.75 Å². The number of nitrogens with two attached hydrogens (primary N) is 1. The van der Waals surface area contributed by atoms with E-state index >= 15 is 0 Å². The molecule has 0 radical (unpaired) electrons. The summed E-state index contributed by atoms with van der Waals surface area (Å²) >= 11 is 0. The topological polar surface area (TPSA) is 96.7 Å². The van der Waals surface area contributed by atoms with Gasteiger partial charge in [0.05, 0.1) is 6.54 Å². The summed E-state index contributed by atoms with van der Waals surface area (Å²) in [5, 5.41) is 6.03. The second-order valence-corrected chi connectivity index (χ2v) is 8.98. The average molecular weight is 453 g/mol. The SMILES string of the molecule is Cc1c(C)c(OC(C)C(=O)NC2CCN(CC(=O)Nc3ccccc3)CC2)c(C)c(C)c1N. The van der Waals surface area contributed by atoms with Crippen LogP contribution in [-0.2, 0) is 9.59 Å². The summed E-state index contributed by atoms with van der Waals surface area (Å²) < 4.78 is 6.10. The van der Waals surface area contributed by atoms with Crippen molar-refractivity contribution < 1.29 is 14.3 Å². The van der Waals surface area contributed by atoms with Crippen molar-refractivity contribution in [2.75, 3.05) is 30.7 Å². The standard InChI is InChI=1S/C26H36N4O3/c1-16-18(3)25(19(4)17(2)24(16)27)33-20(5)26(32)29-22-11-13-30(14-12-22)15-23(31)28-21-9-7-6-8-10-21/h6-10,20,22H,11-15,27H2,1-5H3,(H,28,31)(H,29,32). The normalized spacial score (nSPS) is 15.7. The molecule has 0 bridgehead atoms. The first-order valence-electron chi connectivity index (χ1n) is 11.6. The number of carbonyl (C=O) groups excluding carboxylic acids is 2. The molecule has 0 saturated carbocycles. The number of piperidine rings is 1. The molecule has 4 N–H and O–H groups in total. The van der Waals surface area contributed by atoms with Gasteiger partial charge in [0.25, 0.3) is 5.91 Å². The van der Waals surface area contributed by atoms with E-state index < -0.39 is 6.10 Å². The van der Waals surface area contributed by atoms with E-state index in [1.807, 2.05) is 58.0 Å². The van der Waals surface area contributed by atoms with Crippen LogP contribution in [0, 0.1) is 27.7 Å². The van der Waals surface area contributed by atoms with Gasteiger partial charge >= 0.3 is 0 Å². The van der Waals surface area contributed by atoms with Crippen LogP contribution in [0.3, 0.4) is 0 Å². The molecule has 2 aromatic rings. The van der Waals surface area contributed by atoms with E-state index in [0.717, 1.165) is 65.3 Å². The third-order valence-electron chi connectivity index (χ3n) is 6.64. The number of anilines is 2. The highest BCUT2D eigenvalue weighted by Crippen LogP contribution is 2.34. The monoisotopic (exact) mass is 452 g/mol. The van der Waals surface area contributed by atoms with Gasteiger partial charge in [-0.2, -0.15) is 0 Å². The lowest BCUT2D eigenvalue weighted by atomic mass is 9.97. The van der Waals surface area contributed by atoms with Gasteiger partial charge in [0.2, 0.25) is 5.91 Å². The molecular formula is C26H36N4O3. The van der Waals surface area contributed by atoms with Gasteiger partial charge in [-0.25, -0.2) is 0 Å². The predicted octanol–water partition coefficient (Wildman–Crippen LogP) is 3.49. The molecule has 0 aromatic heterocycles. The largest absolute Gasteiger partial charge is 0.480 e. The van der Waals surface area contributed by atoms with Gasteiger partial charge in [0, 0.05) is 30.5 Å². The molecule has 33 heavy (non-hydrogen) atoms. The highest BCUT2D eigenvalue weighted by atomic mass is 16.5. The Labute approximate surface area is 196 Å². The van der Waals surface area contributed by atoms with E-state index in [2.05, 4.69) is 15.5 Å². The minimum Gasteiger partial charge on any atom is -0.480 e. The summed E-state index contributed by atoms with van der Waals surface area (Å²) in [5.74, 6) is 0.591. The molecule has 7 nitrogen and oxygen atoms in total. The van der Waals surface area contributed by atoms with Gasteiger partial charge in [-0.05, 0) is 81.8 Å². The van der Waals surface area contributed by atoms with E-state index in [4.69, 9.17) is 10.5 Å². The quantitative estimate of drug-likeness (QED) is 0.559. The number of nitrogens with zero attached hydrogens (tertiary/aromatic N) is 1. The zero-order valence-electron chi connectivity index (χ0n) is 20.3. The lowest BCUT2D eigenvalue weighted by molar-refractivity contribution is -0.128. The maximum Gasteiger partial charge on any atom is 0.260 e. The molecule has 1 saturated heterocycles. The van der Waals surface area contributed by atoms with Crippen molar-refractivity contribution in [3.63, 3.8) is 0 Å². The molecule has 0 aliphatic carbocycles. The Morgan fingerprint density at radius 3 is 2.18 bits per heavy atom. The van der Waals surface area contributed by atoms with Crippen molar-refractivity contribution in [2.45, 2.75) is 59.6 Å². The third-order valence-corrected chi connectivity index (χ3v) is 6.64. The minimum atomic E-state index is -0.612. The van der Waals surface area contributed by atoms with Crippen molar-refractivity contribution in [3.05, 3.63) is 52.6 Å². The number of benzene rings is 2. The lowest BCUT2D eigenvalue weighted by Crippen LogP contribution is -2.49. The zero-order chi connectivity index (χ0) is 24.1. The van der Waals surface area contributed by atoms with Crippen LogP contribution in [-0.4, -0.2) is 48.5 Å². The molecule has 1 aliphatic heterocycles. The van der Waals surface area contributed by atoms with Crippen molar-refractivity contribution >= 4 is 23.2 Å². The van der Waals surface area contributed by atoms with E-state index in [-0.39, 0.29) is 17.9 Å². The molecular weight excluding hydrogens is 416 g/mol. The summed E-state index contributed by atoms with van der Waals surface area (Å²) in [7, 11) is 0. The summed E-state index contributed by atoms with van der Waals surface area (Å²) in [6, 6.07) is 9.53. The Morgan fingerprint density at radius 2 is 1.61 bits per heavy atom. The molecule has 0 spiro atoms. The molecule has 178 valence electrons. The number of amides is 2. The maximum absolute atomic E-state index is 12.8. The Bertz CT molecular complexity index is 969. The van der Waals surface area contributed by atoms with Crippen LogP contribution in [0.2, 0.25) is 0 Å². The van der Waals surface area contributed by atoms with E-state index in [1.54, 1.807) is 6.92 Å². The van der Waals surface area contributed by atoms with Crippen LogP contribution in [0.4, 0.5) is 11.4 Å². The van der Waals surface area contributed by atoms with Crippen LogP contribution < -0.4 is 21.1 Å². The average Bonchev–Trinajstić information content (AvgIpc) is 2.81. The summed E-state index contributed by atoms with van der Waals surface area (Å²) in [6.07, 6.45) is 0.990. The molecule has 3 rings (SSSR count). The number of para-hydroxylation sites is 1. The van der Waals surface area contributed by atoms with Gasteiger partial charge in [-0.15, -0.1) is 0 Å². The smallest absolute Gasteiger partial charge is 0.260 e. The van der Waals surface area contributed by atoms with Crippen LogP contribution >= 0.6 is 0 Å². The molecule has 1 atom stereocenters. The number of hydrogen-bond acceptors (Lipinski definition) is 5. The number of nitrogen functional groups attached to an aromatic ring is 1. The van der Waals surface area contributed by atoms with Gasteiger partial charge in [0.1, 0.15) is 5.75 Å². The van der Waals surface area contributed by atoms with Gasteiger partial charge in [0.15, 0.2) is 6.10 Å². The lowest BCUT2D eigenvalue weighted by Gasteiger charge is -2.32. The van der Waals surface area contributed by atoms with E-state index in [1.165, 1.54) is 0 Å². The first-order valence-corrected chi connectivity index (χ1v) is 11.6. The molecule has 1 heterocycles. The fourth-order valence-corrected chi connectivity index (χ4v) is 4.19. The van der Waals surface area contributed by atoms with Crippen molar-refractivity contribution in [3.8, 4) is 5.75 Å². The number of ether oxygens (including phenoxy) is 1. The van der Waals surface area contributed by atoms with Crippen molar-refractivity contribution in [1.82, 2.24) is 10.2 Å². The fourth-order valence-electron chi connectivity index (χ4n) is 4.19. The first kappa shape index (κ1) is 24.6. The molecule has 2 aromatic carbocycles. The molecule has 1 unspecified atom stereocenters. The first-order chi connectivity index (χ1) is 15.7. The highest BCUT2D eigenvalue weighted by molar-refractivity contribution is 5.92. The van der Waals surface area contributed by atoms with E-state index in [0.29, 0.717) is 6.54 Å². The van der Waals surface area contributed by atoms with Crippen molar-refractivity contribution in [2.24, 2.45) is 0 Å². The Hall–Kier alpha value is -3.06. The van der Waals surface area contributed by atoms with Crippen LogP contribution in [0.1, 0.15) is 42.0 Å². The number of carbonyl (C=O) groups is 2. The third kappa shape index (κ3) is 6.05. The summed E-state index contributed by atoms with van der Waals surface area (Å²) in [4.78, 5) is 27.2. The Balaban J connectivity index is 1.48. The molecule has 2 amide bonds. The number of rotatable bonds is 7. The predicted molar refractivity (Wildman–Crippen MR) is 133 cm³/mol. The summed E-state index contributed by atoms with van der Waals surface area (Å²) in [5.41, 5.74) is 11.7. The second-order valence-electron chi connectivity index (χ2n) is 8.98. The minimum absolute atomic E-state index is 0.0227. The van der Waals surface area contributed by atoms with Gasteiger partial charge < -0.3 is 21.1 Å².